The molecule has 0 radical (unpaired) electrons. The highest BCUT2D eigenvalue weighted by Gasteiger charge is 2.17. The molecule has 116 valence electrons. The molecule has 0 spiro atoms. The maximum atomic E-state index is 12.1. The summed E-state index contributed by atoms with van der Waals surface area (Å²) in [6.07, 6.45) is 1.38. The first-order valence-electron chi connectivity index (χ1n) is 7.30. The van der Waals surface area contributed by atoms with Crippen molar-refractivity contribution in [1.29, 1.82) is 0 Å². The third-order valence-corrected chi connectivity index (χ3v) is 3.49. The van der Waals surface area contributed by atoms with Crippen LogP contribution in [0, 0.1) is 6.92 Å². The predicted molar refractivity (Wildman–Crippen MR) is 79.2 cm³/mol. The molecule has 2 aromatic rings. The number of ether oxygens (including phenoxy) is 2. The number of oxazole rings is 1. The largest absolute Gasteiger partial charge is 0.454 e. The Morgan fingerprint density at radius 3 is 2.91 bits per heavy atom. The molecule has 22 heavy (non-hydrogen) atoms. The lowest BCUT2D eigenvalue weighted by Crippen LogP contribution is -2.25. The van der Waals surface area contributed by atoms with Crippen LogP contribution in [0.15, 0.2) is 22.6 Å². The Bertz CT molecular complexity index is 693. The van der Waals surface area contributed by atoms with E-state index in [1.807, 2.05) is 25.1 Å². The van der Waals surface area contributed by atoms with Crippen LogP contribution in [0.3, 0.4) is 0 Å². The zero-order valence-electron chi connectivity index (χ0n) is 12.6. The fraction of sp³-hybridized carbons (Fsp3) is 0.375. The molecule has 0 bridgehead atoms. The molecule has 6 nitrogen and oxygen atoms in total. The molecule has 0 fully saturated rings. The Balaban J connectivity index is 1.56. The van der Waals surface area contributed by atoms with Gasteiger partial charge in [-0.3, -0.25) is 4.79 Å². The van der Waals surface area contributed by atoms with Crippen molar-refractivity contribution in [3.05, 3.63) is 41.1 Å². The monoisotopic (exact) mass is 302 g/mol. The first kappa shape index (κ1) is 14.4. The van der Waals surface area contributed by atoms with Crippen molar-refractivity contribution in [2.24, 2.45) is 0 Å². The third kappa shape index (κ3) is 2.90. The van der Waals surface area contributed by atoms with Crippen molar-refractivity contribution >= 4 is 5.91 Å². The Morgan fingerprint density at radius 2 is 2.14 bits per heavy atom. The van der Waals surface area contributed by atoms with E-state index in [0.29, 0.717) is 36.7 Å². The van der Waals surface area contributed by atoms with Crippen LogP contribution < -0.4 is 14.8 Å². The number of nitrogens with zero attached hydrogens (tertiary/aromatic N) is 1. The molecule has 3 rings (SSSR count). The van der Waals surface area contributed by atoms with Crippen molar-refractivity contribution in [3.8, 4) is 11.5 Å². The molecular weight excluding hydrogens is 284 g/mol. The minimum atomic E-state index is -0.231. The van der Waals surface area contributed by atoms with Crippen molar-refractivity contribution in [1.82, 2.24) is 10.3 Å². The Labute approximate surface area is 128 Å². The van der Waals surface area contributed by atoms with E-state index in [1.165, 1.54) is 0 Å². The zero-order chi connectivity index (χ0) is 15.5. The molecule has 0 saturated heterocycles. The molecule has 1 aromatic carbocycles. The molecule has 1 aliphatic heterocycles. The molecule has 0 saturated carbocycles. The van der Waals surface area contributed by atoms with E-state index in [9.17, 15) is 4.79 Å². The SMILES string of the molecule is CCc1nc(C)c(C(=O)NCCc2ccc3c(c2)OCO3)o1. The van der Waals surface area contributed by atoms with E-state index in [2.05, 4.69) is 10.3 Å². The van der Waals surface area contributed by atoms with Crippen LogP contribution in [0.1, 0.15) is 34.6 Å². The normalized spacial score (nSPS) is 12.5. The molecule has 1 N–H and O–H groups in total. The van der Waals surface area contributed by atoms with Crippen molar-refractivity contribution < 1.29 is 18.7 Å². The van der Waals surface area contributed by atoms with E-state index < -0.39 is 0 Å². The van der Waals surface area contributed by atoms with E-state index in [-0.39, 0.29) is 12.7 Å². The second kappa shape index (κ2) is 6.09. The highest BCUT2D eigenvalue weighted by molar-refractivity contribution is 5.92. The Morgan fingerprint density at radius 1 is 1.32 bits per heavy atom. The minimum Gasteiger partial charge on any atom is -0.454 e. The summed E-state index contributed by atoms with van der Waals surface area (Å²) in [5.74, 6) is 2.16. The van der Waals surface area contributed by atoms with Gasteiger partial charge in [-0.2, -0.15) is 0 Å². The highest BCUT2D eigenvalue weighted by Crippen LogP contribution is 2.32. The summed E-state index contributed by atoms with van der Waals surface area (Å²) in [5.41, 5.74) is 1.70. The highest BCUT2D eigenvalue weighted by atomic mass is 16.7. The molecule has 1 aromatic heterocycles. The fourth-order valence-corrected chi connectivity index (χ4v) is 2.31. The van der Waals surface area contributed by atoms with E-state index >= 15 is 0 Å². The average molecular weight is 302 g/mol. The lowest BCUT2D eigenvalue weighted by molar-refractivity contribution is 0.0924. The minimum absolute atomic E-state index is 0.231. The van der Waals surface area contributed by atoms with Crippen molar-refractivity contribution in [2.45, 2.75) is 26.7 Å². The number of carbonyl (C=O) groups excluding carboxylic acids is 1. The molecule has 0 atom stereocenters. The number of benzene rings is 1. The number of rotatable bonds is 5. The van der Waals surface area contributed by atoms with Gasteiger partial charge in [-0.15, -0.1) is 0 Å². The number of hydrogen-bond acceptors (Lipinski definition) is 5. The number of hydrogen-bond donors (Lipinski definition) is 1. The van der Waals surface area contributed by atoms with Gasteiger partial charge >= 0.3 is 0 Å². The van der Waals surface area contributed by atoms with Gasteiger partial charge in [-0.05, 0) is 31.0 Å². The van der Waals surface area contributed by atoms with E-state index in [0.717, 1.165) is 17.1 Å². The van der Waals surface area contributed by atoms with E-state index in [4.69, 9.17) is 13.9 Å². The first-order chi connectivity index (χ1) is 10.7. The van der Waals surface area contributed by atoms with Crippen LogP contribution in [-0.4, -0.2) is 24.2 Å². The molecule has 1 aliphatic rings. The van der Waals surface area contributed by atoms with Gasteiger partial charge in [0.05, 0.1) is 5.69 Å². The maximum Gasteiger partial charge on any atom is 0.289 e. The number of nitrogens with one attached hydrogen (secondary N) is 1. The average Bonchev–Trinajstić information content (AvgIpc) is 3.12. The molecule has 6 heteroatoms. The second-order valence-electron chi connectivity index (χ2n) is 5.07. The van der Waals surface area contributed by atoms with Crippen LogP contribution in [0.4, 0.5) is 0 Å². The van der Waals surface area contributed by atoms with E-state index in [1.54, 1.807) is 6.92 Å². The van der Waals surface area contributed by atoms with Gasteiger partial charge in [0.1, 0.15) is 0 Å². The smallest absolute Gasteiger partial charge is 0.289 e. The van der Waals surface area contributed by atoms with Gasteiger partial charge in [-0.1, -0.05) is 13.0 Å². The van der Waals surface area contributed by atoms with Gasteiger partial charge in [0.25, 0.3) is 5.91 Å². The van der Waals surface area contributed by atoms with Gasteiger partial charge < -0.3 is 19.2 Å². The summed E-state index contributed by atoms with van der Waals surface area (Å²) >= 11 is 0. The predicted octanol–water partition coefficient (Wildman–Crippen LogP) is 2.25. The topological polar surface area (TPSA) is 73.6 Å². The molecule has 1 amide bonds. The van der Waals surface area contributed by atoms with Crippen LogP contribution in [0.2, 0.25) is 0 Å². The lowest BCUT2D eigenvalue weighted by atomic mass is 10.1. The Kier molecular flexibility index (Phi) is 4.00. The molecule has 0 unspecified atom stereocenters. The summed E-state index contributed by atoms with van der Waals surface area (Å²) in [6.45, 7) is 4.49. The summed E-state index contributed by atoms with van der Waals surface area (Å²) in [6, 6.07) is 5.78. The molecule has 0 aliphatic carbocycles. The third-order valence-electron chi connectivity index (χ3n) is 3.49. The number of fused-ring (bicyclic) bond motifs is 1. The standard InChI is InChI=1S/C16H18N2O4/c1-3-14-18-10(2)15(22-14)16(19)17-7-6-11-4-5-12-13(8-11)21-9-20-12/h4-5,8H,3,6-7,9H2,1-2H3,(H,17,19). The summed E-state index contributed by atoms with van der Waals surface area (Å²) in [5, 5.41) is 2.85. The summed E-state index contributed by atoms with van der Waals surface area (Å²) < 4.78 is 16.0. The van der Waals surface area contributed by atoms with Crippen molar-refractivity contribution in [2.75, 3.05) is 13.3 Å². The maximum absolute atomic E-state index is 12.1. The quantitative estimate of drug-likeness (QED) is 0.917. The summed E-state index contributed by atoms with van der Waals surface area (Å²) in [4.78, 5) is 16.3. The van der Waals surface area contributed by atoms with Gasteiger partial charge in [-0.25, -0.2) is 4.98 Å². The van der Waals surface area contributed by atoms with Crippen molar-refractivity contribution in [3.63, 3.8) is 0 Å². The number of amides is 1. The van der Waals surface area contributed by atoms with Gasteiger partial charge in [0.2, 0.25) is 12.6 Å². The van der Waals surface area contributed by atoms with Crippen LogP contribution in [-0.2, 0) is 12.8 Å². The number of carbonyl (C=O) groups is 1. The van der Waals surface area contributed by atoms with Gasteiger partial charge in [0.15, 0.2) is 17.4 Å². The summed E-state index contributed by atoms with van der Waals surface area (Å²) in [7, 11) is 0. The van der Waals surface area contributed by atoms with Crippen LogP contribution in [0.5, 0.6) is 11.5 Å². The number of aryl methyl sites for hydroxylation is 2. The second-order valence-corrected chi connectivity index (χ2v) is 5.07. The van der Waals surface area contributed by atoms with Crippen LogP contribution >= 0.6 is 0 Å². The van der Waals surface area contributed by atoms with Crippen LogP contribution in [0.25, 0.3) is 0 Å². The van der Waals surface area contributed by atoms with Gasteiger partial charge in [0, 0.05) is 13.0 Å². The first-order valence-corrected chi connectivity index (χ1v) is 7.30. The zero-order valence-corrected chi connectivity index (χ0v) is 12.6. The lowest BCUT2D eigenvalue weighted by Gasteiger charge is -2.05. The fourth-order valence-electron chi connectivity index (χ4n) is 2.31. The molecule has 2 heterocycles. The molecular formula is C16H18N2O4. The Hall–Kier alpha value is -2.50. The number of aromatic nitrogens is 1.